The van der Waals surface area contributed by atoms with E-state index in [4.69, 9.17) is 5.14 Å². The zero-order chi connectivity index (χ0) is 8.27. The summed E-state index contributed by atoms with van der Waals surface area (Å²) in [7, 11) is -1.12. The molecule has 0 aromatic heterocycles. The highest BCUT2D eigenvalue weighted by Crippen LogP contribution is 2.27. The highest BCUT2D eigenvalue weighted by Gasteiger charge is 2.19. The van der Waals surface area contributed by atoms with E-state index in [0.29, 0.717) is 0 Å². The lowest BCUT2D eigenvalue weighted by atomic mass is 10.0. The topological polar surface area (TPSA) is 43.1 Å². The fourth-order valence-corrected chi connectivity index (χ4v) is 3.10. The monoisotopic (exact) mass is 193 g/mol. The molecule has 0 aliphatic carbocycles. The Bertz CT molecular complexity index is 145. The van der Waals surface area contributed by atoms with Crippen molar-refractivity contribution in [2.75, 3.05) is 11.5 Å². The first-order valence-electron chi connectivity index (χ1n) is 3.93. The quantitative estimate of drug-likeness (QED) is 0.730. The molecule has 0 radical (unpaired) electrons. The van der Waals surface area contributed by atoms with Crippen molar-refractivity contribution < 1.29 is 4.21 Å². The van der Waals surface area contributed by atoms with Crippen LogP contribution in [-0.2, 0) is 11.0 Å². The van der Waals surface area contributed by atoms with Crippen LogP contribution >= 0.6 is 11.8 Å². The van der Waals surface area contributed by atoms with Crippen molar-refractivity contribution in [3.05, 3.63) is 0 Å². The molecule has 1 heterocycles. The van der Waals surface area contributed by atoms with Crippen molar-refractivity contribution in [1.82, 2.24) is 0 Å². The van der Waals surface area contributed by atoms with Gasteiger partial charge in [-0.25, -0.2) is 4.21 Å². The molecular weight excluding hydrogens is 178 g/mol. The predicted molar refractivity (Wildman–Crippen MR) is 51.8 cm³/mol. The summed E-state index contributed by atoms with van der Waals surface area (Å²) in [6.07, 6.45) is 2.32. The summed E-state index contributed by atoms with van der Waals surface area (Å²) < 4.78 is 10.8. The third-order valence-corrected chi connectivity index (χ3v) is 4.30. The van der Waals surface area contributed by atoms with Crippen LogP contribution in [0.1, 0.15) is 19.8 Å². The lowest BCUT2D eigenvalue weighted by molar-refractivity contribution is 0.536. The Balaban J connectivity index is 2.23. The summed E-state index contributed by atoms with van der Waals surface area (Å²) in [4.78, 5) is 0. The molecule has 1 saturated heterocycles. The maximum atomic E-state index is 10.8. The van der Waals surface area contributed by atoms with Crippen LogP contribution in [0.25, 0.3) is 0 Å². The number of thioether (sulfide) groups is 1. The second-order valence-corrected chi connectivity index (χ2v) is 5.72. The minimum atomic E-state index is -1.12. The maximum absolute atomic E-state index is 10.8. The molecule has 2 unspecified atom stereocenters. The van der Waals surface area contributed by atoms with Crippen molar-refractivity contribution >= 4 is 22.7 Å². The van der Waals surface area contributed by atoms with Gasteiger partial charge >= 0.3 is 0 Å². The zero-order valence-electron chi connectivity index (χ0n) is 6.79. The Labute approximate surface area is 74.9 Å². The van der Waals surface area contributed by atoms with Crippen LogP contribution in [0.4, 0.5) is 0 Å². The Kier molecular flexibility index (Phi) is 3.89. The first kappa shape index (κ1) is 9.55. The Hall–Kier alpha value is 0.460. The molecule has 1 rings (SSSR count). The van der Waals surface area contributed by atoms with E-state index in [2.05, 4.69) is 0 Å². The van der Waals surface area contributed by atoms with Crippen molar-refractivity contribution in [2.45, 2.75) is 25.0 Å². The van der Waals surface area contributed by atoms with E-state index in [1.165, 1.54) is 17.9 Å². The van der Waals surface area contributed by atoms with Crippen LogP contribution in [0.3, 0.4) is 0 Å². The summed E-state index contributed by atoms with van der Waals surface area (Å²) in [5.41, 5.74) is 0. The zero-order valence-corrected chi connectivity index (χ0v) is 8.42. The maximum Gasteiger partial charge on any atom is 0.0916 e. The van der Waals surface area contributed by atoms with E-state index in [0.717, 1.165) is 12.3 Å². The van der Waals surface area contributed by atoms with Gasteiger partial charge in [0.2, 0.25) is 0 Å². The molecule has 0 saturated carbocycles. The van der Waals surface area contributed by atoms with E-state index in [1.54, 1.807) is 0 Å². The van der Waals surface area contributed by atoms with Crippen LogP contribution < -0.4 is 5.14 Å². The number of hydrogen-bond donors (Lipinski definition) is 1. The smallest absolute Gasteiger partial charge is 0.0916 e. The first-order chi connectivity index (χ1) is 5.20. The molecule has 1 fully saturated rings. The van der Waals surface area contributed by atoms with E-state index in [1.807, 2.05) is 18.7 Å². The van der Waals surface area contributed by atoms with E-state index in [-0.39, 0.29) is 5.25 Å². The molecule has 1 aliphatic rings. The standard InChI is InChI=1S/C7H15NOS2/c1-6(11(8)9)4-7-2-3-10-5-7/h6-7H,2-5,8H2,1H3/t6?,7-,11?/m1/s1. The normalized spacial score (nSPS) is 30.2. The van der Waals surface area contributed by atoms with Crippen molar-refractivity contribution in [3.63, 3.8) is 0 Å². The molecule has 3 atom stereocenters. The van der Waals surface area contributed by atoms with Gasteiger partial charge in [0, 0.05) is 5.25 Å². The van der Waals surface area contributed by atoms with Gasteiger partial charge in [-0.15, -0.1) is 0 Å². The van der Waals surface area contributed by atoms with Crippen LogP contribution in [0.5, 0.6) is 0 Å². The van der Waals surface area contributed by atoms with Gasteiger partial charge in [-0.3, -0.25) is 5.14 Å². The summed E-state index contributed by atoms with van der Waals surface area (Å²) in [6.45, 7) is 1.97. The Morgan fingerprint density at radius 3 is 3.00 bits per heavy atom. The van der Waals surface area contributed by atoms with Gasteiger partial charge < -0.3 is 0 Å². The van der Waals surface area contributed by atoms with Crippen LogP contribution in [-0.4, -0.2) is 21.0 Å². The van der Waals surface area contributed by atoms with Gasteiger partial charge in [0.15, 0.2) is 0 Å². The number of nitrogens with two attached hydrogens (primary N) is 1. The van der Waals surface area contributed by atoms with Gasteiger partial charge in [-0.05, 0) is 37.2 Å². The molecule has 4 heteroatoms. The number of hydrogen-bond acceptors (Lipinski definition) is 2. The van der Waals surface area contributed by atoms with Crippen LogP contribution in [0.15, 0.2) is 0 Å². The molecule has 2 nitrogen and oxygen atoms in total. The largest absolute Gasteiger partial charge is 0.252 e. The van der Waals surface area contributed by atoms with Gasteiger partial charge in [0.05, 0.1) is 11.0 Å². The minimum Gasteiger partial charge on any atom is -0.252 e. The van der Waals surface area contributed by atoms with E-state index >= 15 is 0 Å². The Morgan fingerprint density at radius 1 is 1.82 bits per heavy atom. The average molecular weight is 193 g/mol. The second kappa shape index (κ2) is 4.48. The van der Waals surface area contributed by atoms with Gasteiger partial charge in [0.25, 0.3) is 0 Å². The highest BCUT2D eigenvalue weighted by molar-refractivity contribution is 7.99. The van der Waals surface area contributed by atoms with Crippen LogP contribution in [0, 0.1) is 5.92 Å². The van der Waals surface area contributed by atoms with Gasteiger partial charge in [-0.2, -0.15) is 11.8 Å². The van der Waals surface area contributed by atoms with Crippen molar-refractivity contribution in [3.8, 4) is 0 Å². The first-order valence-corrected chi connectivity index (χ1v) is 6.36. The molecule has 11 heavy (non-hydrogen) atoms. The second-order valence-electron chi connectivity index (χ2n) is 3.10. The van der Waals surface area contributed by atoms with E-state index in [9.17, 15) is 4.21 Å². The molecule has 0 aromatic carbocycles. The summed E-state index contributed by atoms with van der Waals surface area (Å²) >= 11 is 2.00. The fourth-order valence-electron chi connectivity index (χ4n) is 1.33. The molecular formula is C7H15NOS2. The predicted octanol–water partition coefficient (Wildman–Crippen LogP) is 1.14. The summed E-state index contributed by atoms with van der Waals surface area (Å²) in [6, 6.07) is 0. The minimum absolute atomic E-state index is 0.179. The fraction of sp³-hybridized carbons (Fsp3) is 1.00. The molecule has 0 amide bonds. The molecule has 2 N–H and O–H groups in total. The highest BCUT2D eigenvalue weighted by atomic mass is 32.2. The third-order valence-electron chi connectivity index (χ3n) is 2.09. The van der Waals surface area contributed by atoms with Crippen molar-refractivity contribution in [2.24, 2.45) is 11.1 Å². The molecule has 1 aliphatic heterocycles. The summed E-state index contributed by atoms with van der Waals surface area (Å²) in [5.74, 6) is 3.28. The van der Waals surface area contributed by atoms with Crippen molar-refractivity contribution in [1.29, 1.82) is 0 Å². The SMILES string of the molecule is CC(C[C@H]1CCSC1)S(N)=O. The molecule has 0 spiro atoms. The lowest BCUT2D eigenvalue weighted by Gasteiger charge is -2.12. The van der Waals surface area contributed by atoms with Gasteiger partial charge in [-0.1, -0.05) is 0 Å². The average Bonchev–Trinajstić information content (AvgIpc) is 2.39. The van der Waals surface area contributed by atoms with Gasteiger partial charge in [0.1, 0.15) is 0 Å². The molecule has 0 bridgehead atoms. The lowest BCUT2D eigenvalue weighted by Crippen LogP contribution is -2.21. The Morgan fingerprint density at radius 2 is 2.55 bits per heavy atom. The summed E-state index contributed by atoms with van der Waals surface area (Å²) in [5, 5.41) is 5.46. The molecule has 66 valence electrons. The number of rotatable bonds is 3. The van der Waals surface area contributed by atoms with Crippen LogP contribution in [0.2, 0.25) is 0 Å². The molecule has 0 aromatic rings. The van der Waals surface area contributed by atoms with E-state index < -0.39 is 11.0 Å². The third kappa shape index (κ3) is 3.13.